The molecule has 1 aromatic heterocycles. The Morgan fingerprint density at radius 1 is 0.966 bits per heavy atom. The summed E-state index contributed by atoms with van der Waals surface area (Å²) in [6, 6.07) is 5.60. The van der Waals surface area contributed by atoms with E-state index in [-0.39, 0.29) is 18.6 Å². The molecule has 0 radical (unpaired) electrons. The second-order valence-corrected chi connectivity index (χ2v) is 7.72. The van der Waals surface area contributed by atoms with E-state index in [1.165, 1.54) is 0 Å². The van der Waals surface area contributed by atoms with Gasteiger partial charge in [-0.25, -0.2) is 0 Å². The van der Waals surface area contributed by atoms with Crippen LogP contribution in [-0.2, 0) is 24.2 Å². The van der Waals surface area contributed by atoms with Gasteiger partial charge in [0.25, 0.3) is 5.91 Å². The molecule has 3 aliphatic heterocycles. The molecule has 0 atom stereocenters. The van der Waals surface area contributed by atoms with E-state index in [4.69, 9.17) is 9.47 Å². The molecule has 2 aromatic rings. The normalized spacial score (nSPS) is 17.9. The van der Waals surface area contributed by atoms with Crippen LogP contribution in [0.1, 0.15) is 34.5 Å². The highest BCUT2D eigenvalue weighted by Gasteiger charge is 2.28. The molecule has 8 nitrogen and oxygen atoms in total. The van der Waals surface area contributed by atoms with Crippen LogP contribution in [-0.4, -0.2) is 64.4 Å². The number of rotatable bonds is 3. The Hall–Kier alpha value is -3.03. The van der Waals surface area contributed by atoms with Crippen molar-refractivity contribution in [2.45, 2.75) is 32.2 Å². The van der Waals surface area contributed by atoms with Crippen molar-refractivity contribution in [3.8, 4) is 11.5 Å². The van der Waals surface area contributed by atoms with Crippen molar-refractivity contribution in [2.75, 3.05) is 33.0 Å². The third kappa shape index (κ3) is 3.43. The van der Waals surface area contributed by atoms with Crippen LogP contribution >= 0.6 is 0 Å². The molecule has 152 valence electrons. The fraction of sp³-hybridized carbons (Fsp3) is 0.476. The number of hydrogen-bond donors (Lipinski definition) is 0. The molecule has 0 unspecified atom stereocenters. The van der Waals surface area contributed by atoms with Crippen molar-refractivity contribution >= 4 is 11.8 Å². The summed E-state index contributed by atoms with van der Waals surface area (Å²) in [6.45, 7) is 3.33. The molecule has 29 heavy (non-hydrogen) atoms. The molecular weight excluding hydrogens is 372 g/mol. The van der Waals surface area contributed by atoms with Gasteiger partial charge >= 0.3 is 0 Å². The molecular formula is C21H24N4O4. The van der Waals surface area contributed by atoms with Gasteiger partial charge in [-0.2, -0.15) is 5.10 Å². The van der Waals surface area contributed by atoms with Gasteiger partial charge in [0.1, 0.15) is 0 Å². The lowest BCUT2D eigenvalue weighted by molar-refractivity contribution is -0.131. The number of piperazine rings is 1. The van der Waals surface area contributed by atoms with E-state index in [1.54, 1.807) is 6.20 Å². The van der Waals surface area contributed by atoms with Gasteiger partial charge < -0.3 is 19.3 Å². The highest BCUT2D eigenvalue weighted by atomic mass is 16.7. The van der Waals surface area contributed by atoms with Crippen molar-refractivity contribution in [2.24, 2.45) is 0 Å². The molecule has 0 spiro atoms. The topological polar surface area (TPSA) is 76.9 Å². The minimum absolute atomic E-state index is 0.0380. The summed E-state index contributed by atoms with van der Waals surface area (Å²) < 4.78 is 12.7. The quantitative estimate of drug-likeness (QED) is 0.785. The van der Waals surface area contributed by atoms with Crippen LogP contribution in [0.15, 0.2) is 24.4 Å². The number of carbonyl (C=O) groups is 2. The summed E-state index contributed by atoms with van der Waals surface area (Å²) in [5, 5.41) is 4.37. The van der Waals surface area contributed by atoms with Crippen LogP contribution in [0.2, 0.25) is 0 Å². The zero-order valence-electron chi connectivity index (χ0n) is 16.3. The average Bonchev–Trinajstić information content (AvgIpc) is 3.40. The van der Waals surface area contributed by atoms with Crippen LogP contribution in [0.25, 0.3) is 0 Å². The molecule has 1 saturated heterocycles. The summed E-state index contributed by atoms with van der Waals surface area (Å²) >= 11 is 0. The Balaban J connectivity index is 1.18. The second-order valence-electron chi connectivity index (χ2n) is 7.72. The zero-order chi connectivity index (χ0) is 19.8. The number of hydrogen-bond acceptors (Lipinski definition) is 5. The van der Waals surface area contributed by atoms with Gasteiger partial charge in [-0.05, 0) is 37.0 Å². The highest BCUT2D eigenvalue weighted by Crippen LogP contribution is 2.32. The molecule has 8 heteroatoms. The number of fused-ring (bicyclic) bond motifs is 2. The minimum Gasteiger partial charge on any atom is -0.454 e. The first kappa shape index (κ1) is 18.0. The SMILES string of the molecule is O=C(Cc1ccc2c(c1)OCO2)N1CCN(C(=O)c2cnn3c2CCCC3)CC1. The van der Waals surface area contributed by atoms with Crippen molar-refractivity contribution in [1.29, 1.82) is 0 Å². The maximum absolute atomic E-state index is 13.0. The van der Waals surface area contributed by atoms with Gasteiger partial charge in [-0.3, -0.25) is 14.3 Å². The van der Waals surface area contributed by atoms with Gasteiger partial charge in [0.2, 0.25) is 12.7 Å². The monoisotopic (exact) mass is 396 g/mol. The average molecular weight is 396 g/mol. The van der Waals surface area contributed by atoms with Crippen LogP contribution in [0.3, 0.4) is 0 Å². The third-order valence-corrected chi connectivity index (χ3v) is 5.92. The Labute approximate surface area is 169 Å². The standard InChI is InChI=1S/C21H24N4O4/c26-20(12-15-4-5-18-19(11-15)29-14-28-18)23-7-9-24(10-8-23)21(27)16-13-22-25-6-2-1-3-17(16)25/h4-5,11,13H,1-3,6-10,12,14H2. The lowest BCUT2D eigenvalue weighted by Crippen LogP contribution is -2.51. The van der Waals surface area contributed by atoms with Crippen molar-refractivity contribution in [3.63, 3.8) is 0 Å². The van der Waals surface area contributed by atoms with E-state index in [0.717, 1.165) is 48.4 Å². The first-order valence-corrected chi connectivity index (χ1v) is 10.2. The number of nitrogens with zero attached hydrogens (tertiary/aromatic N) is 4. The maximum atomic E-state index is 13.0. The van der Waals surface area contributed by atoms with Gasteiger partial charge in [0.15, 0.2) is 11.5 Å². The van der Waals surface area contributed by atoms with Crippen LogP contribution < -0.4 is 9.47 Å². The summed E-state index contributed by atoms with van der Waals surface area (Å²) in [5.74, 6) is 1.51. The number of aryl methyl sites for hydroxylation is 1. The summed E-state index contributed by atoms with van der Waals surface area (Å²) in [6.07, 6.45) is 5.16. The Kier molecular flexibility index (Phi) is 4.61. The number of aromatic nitrogens is 2. The molecule has 1 fully saturated rings. The lowest BCUT2D eigenvalue weighted by Gasteiger charge is -2.35. The van der Waals surface area contributed by atoms with Crippen LogP contribution in [0.4, 0.5) is 0 Å². The van der Waals surface area contributed by atoms with E-state index in [1.807, 2.05) is 32.7 Å². The Morgan fingerprint density at radius 3 is 2.62 bits per heavy atom. The Morgan fingerprint density at radius 2 is 1.76 bits per heavy atom. The maximum Gasteiger partial charge on any atom is 0.257 e. The number of ether oxygens (including phenoxy) is 2. The molecule has 0 bridgehead atoms. The largest absolute Gasteiger partial charge is 0.454 e. The Bertz CT molecular complexity index is 946. The third-order valence-electron chi connectivity index (χ3n) is 5.92. The minimum atomic E-state index is 0.0380. The molecule has 3 aliphatic rings. The highest BCUT2D eigenvalue weighted by molar-refractivity contribution is 5.95. The zero-order valence-corrected chi connectivity index (χ0v) is 16.3. The summed E-state index contributed by atoms with van der Waals surface area (Å²) in [4.78, 5) is 29.3. The van der Waals surface area contributed by atoms with Crippen molar-refractivity contribution < 1.29 is 19.1 Å². The lowest BCUT2D eigenvalue weighted by atomic mass is 10.1. The molecule has 0 saturated carbocycles. The molecule has 0 N–H and O–H groups in total. The van der Waals surface area contributed by atoms with Crippen LogP contribution in [0.5, 0.6) is 11.5 Å². The van der Waals surface area contributed by atoms with E-state index in [9.17, 15) is 9.59 Å². The fourth-order valence-electron chi connectivity index (χ4n) is 4.27. The molecule has 5 rings (SSSR count). The second kappa shape index (κ2) is 7.42. The van der Waals surface area contributed by atoms with E-state index in [0.29, 0.717) is 38.3 Å². The van der Waals surface area contributed by atoms with Crippen LogP contribution in [0, 0.1) is 0 Å². The van der Waals surface area contributed by atoms with Gasteiger partial charge in [-0.15, -0.1) is 0 Å². The summed E-state index contributed by atoms with van der Waals surface area (Å²) in [5.41, 5.74) is 2.69. The van der Waals surface area contributed by atoms with Gasteiger partial charge in [0, 0.05) is 32.7 Å². The first-order chi connectivity index (χ1) is 14.2. The van der Waals surface area contributed by atoms with Gasteiger partial charge in [-0.1, -0.05) is 6.07 Å². The number of benzene rings is 1. The van der Waals surface area contributed by atoms with E-state index >= 15 is 0 Å². The fourth-order valence-corrected chi connectivity index (χ4v) is 4.27. The summed E-state index contributed by atoms with van der Waals surface area (Å²) in [7, 11) is 0. The molecule has 1 aromatic carbocycles. The van der Waals surface area contributed by atoms with E-state index in [2.05, 4.69) is 5.10 Å². The van der Waals surface area contributed by atoms with Crippen molar-refractivity contribution in [1.82, 2.24) is 19.6 Å². The number of carbonyl (C=O) groups excluding carboxylic acids is 2. The molecule has 2 amide bonds. The predicted octanol–water partition coefficient (Wildman–Crippen LogP) is 1.48. The van der Waals surface area contributed by atoms with E-state index < -0.39 is 0 Å². The first-order valence-electron chi connectivity index (χ1n) is 10.2. The number of amides is 2. The predicted molar refractivity (Wildman–Crippen MR) is 104 cm³/mol. The van der Waals surface area contributed by atoms with Crippen molar-refractivity contribution in [3.05, 3.63) is 41.2 Å². The molecule has 4 heterocycles. The smallest absolute Gasteiger partial charge is 0.257 e. The molecule has 0 aliphatic carbocycles. The van der Waals surface area contributed by atoms with Gasteiger partial charge in [0.05, 0.1) is 23.9 Å².